The van der Waals surface area contributed by atoms with E-state index in [1.165, 1.54) is 17.7 Å². The van der Waals surface area contributed by atoms with Gasteiger partial charge in [-0.15, -0.1) is 0 Å². The third kappa shape index (κ3) is 2.61. The van der Waals surface area contributed by atoms with E-state index in [2.05, 4.69) is 42.7 Å². The van der Waals surface area contributed by atoms with Gasteiger partial charge in [-0.1, -0.05) is 13.8 Å². The molecule has 1 aliphatic heterocycles. The number of benzene rings is 1. The quantitative estimate of drug-likeness (QED) is 0.830. The van der Waals surface area contributed by atoms with Crippen LogP contribution in [-0.2, 0) is 0 Å². The van der Waals surface area contributed by atoms with Crippen LogP contribution in [0.2, 0.25) is 0 Å². The van der Waals surface area contributed by atoms with Crippen molar-refractivity contribution in [3.05, 3.63) is 23.8 Å². The van der Waals surface area contributed by atoms with Gasteiger partial charge in [-0.3, -0.25) is 4.90 Å². The zero-order valence-electron chi connectivity index (χ0n) is 11.8. The van der Waals surface area contributed by atoms with Crippen molar-refractivity contribution in [2.24, 2.45) is 0 Å². The summed E-state index contributed by atoms with van der Waals surface area (Å²) in [5.74, 6) is 0. The first-order valence-electron chi connectivity index (χ1n) is 7.00. The number of likely N-dealkylation sites (N-methyl/N-ethyl adjacent to an activating group) is 1. The first kappa shape index (κ1) is 13.2. The maximum Gasteiger partial charge on any atom is 0.0370 e. The number of rotatable bonds is 4. The predicted molar refractivity (Wildman–Crippen MR) is 79.1 cm³/mol. The third-order valence-electron chi connectivity index (χ3n) is 4.11. The van der Waals surface area contributed by atoms with E-state index < -0.39 is 0 Å². The van der Waals surface area contributed by atoms with E-state index in [-0.39, 0.29) is 0 Å². The molecule has 3 heteroatoms. The highest BCUT2D eigenvalue weighted by Gasteiger charge is 2.26. The number of nitrogen functional groups attached to an aromatic ring is 1. The highest BCUT2D eigenvalue weighted by atomic mass is 15.2. The first-order chi connectivity index (χ1) is 8.65. The Morgan fingerprint density at radius 1 is 1.33 bits per heavy atom. The molecule has 0 saturated carbocycles. The minimum atomic E-state index is 0.706. The van der Waals surface area contributed by atoms with E-state index in [1.807, 2.05) is 6.07 Å². The van der Waals surface area contributed by atoms with Gasteiger partial charge in [-0.05, 0) is 50.2 Å². The lowest BCUT2D eigenvalue weighted by molar-refractivity contribution is 0.232. The van der Waals surface area contributed by atoms with Gasteiger partial charge < -0.3 is 10.6 Å². The second-order valence-corrected chi connectivity index (χ2v) is 5.15. The van der Waals surface area contributed by atoms with Gasteiger partial charge in [0.1, 0.15) is 0 Å². The van der Waals surface area contributed by atoms with Gasteiger partial charge in [0.2, 0.25) is 0 Å². The van der Waals surface area contributed by atoms with Gasteiger partial charge >= 0.3 is 0 Å². The monoisotopic (exact) mass is 247 g/mol. The van der Waals surface area contributed by atoms with E-state index >= 15 is 0 Å². The third-order valence-corrected chi connectivity index (χ3v) is 4.11. The zero-order valence-corrected chi connectivity index (χ0v) is 11.8. The van der Waals surface area contributed by atoms with Crippen LogP contribution in [0.3, 0.4) is 0 Å². The van der Waals surface area contributed by atoms with Crippen LogP contribution in [0.1, 0.15) is 25.8 Å². The average Bonchev–Trinajstić information content (AvgIpc) is 2.84. The van der Waals surface area contributed by atoms with Crippen LogP contribution in [0.5, 0.6) is 0 Å². The summed E-state index contributed by atoms with van der Waals surface area (Å²) >= 11 is 0. The number of aryl methyl sites for hydroxylation is 1. The van der Waals surface area contributed by atoms with Crippen molar-refractivity contribution in [2.45, 2.75) is 33.2 Å². The fraction of sp³-hybridized carbons (Fsp3) is 0.600. The topological polar surface area (TPSA) is 32.5 Å². The van der Waals surface area contributed by atoms with Crippen molar-refractivity contribution >= 4 is 11.4 Å². The average molecular weight is 247 g/mol. The standard InChI is InChI=1S/C15H25N3/c1-4-17(5-2)14-8-9-18(11-14)13-6-7-15(16)12(3)10-13/h6-7,10,14H,4-5,8-9,11,16H2,1-3H3. The largest absolute Gasteiger partial charge is 0.399 e. The Bertz CT molecular complexity index is 399. The molecule has 0 radical (unpaired) electrons. The number of hydrogen-bond acceptors (Lipinski definition) is 3. The van der Waals surface area contributed by atoms with Gasteiger partial charge in [0, 0.05) is 30.5 Å². The summed E-state index contributed by atoms with van der Waals surface area (Å²) in [7, 11) is 0. The molecule has 1 aromatic carbocycles. The van der Waals surface area contributed by atoms with E-state index in [1.54, 1.807) is 0 Å². The van der Waals surface area contributed by atoms with Gasteiger partial charge in [0.25, 0.3) is 0 Å². The van der Waals surface area contributed by atoms with Crippen molar-refractivity contribution in [3.8, 4) is 0 Å². The summed E-state index contributed by atoms with van der Waals surface area (Å²) in [5, 5.41) is 0. The van der Waals surface area contributed by atoms with Crippen LogP contribution < -0.4 is 10.6 Å². The molecule has 0 amide bonds. The Labute approximate surface area is 111 Å². The molecule has 1 atom stereocenters. The van der Waals surface area contributed by atoms with Crippen LogP contribution in [0, 0.1) is 6.92 Å². The van der Waals surface area contributed by atoms with Crippen LogP contribution in [0.4, 0.5) is 11.4 Å². The van der Waals surface area contributed by atoms with E-state index in [0.717, 1.165) is 31.9 Å². The molecule has 2 rings (SSSR count). The van der Waals surface area contributed by atoms with E-state index in [0.29, 0.717) is 6.04 Å². The molecule has 18 heavy (non-hydrogen) atoms. The molecule has 0 aliphatic carbocycles. The summed E-state index contributed by atoms with van der Waals surface area (Å²) in [6, 6.07) is 7.08. The lowest BCUT2D eigenvalue weighted by Crippen LogP contribution is -2.37. The Kier molecular flexibility index (Phi) is 4.12. The SMILES string of the molecule is CCN(CC)C1CCN(c2ccc(N)c(C)c2)C1. The molecule has 0 aromatic heterocycles. The molecule has 1 fully saturated rings. The summed E-state index contributed by atoms with van der Waals surface area (Å²) in [4.78, 5) is 5.04. The van der Waals surface area contributed by atoms with Crippen molar-refractivity contribution < 1.29 is 0 Å². The molecule has 1 aromatic rings. The maximum atomic E-state index is 5.88. The minimum absolute atomic E-state index is 0.706. The summed E-state index contributed by atoms with van der Waals surface area (Å²) in [6.45, 7) is 11.2. The van der Waals surface area contributed by atoms with Crippen LogP contribution in [0.25, 0.3) is 0 Å². The second kappa shape index (κ2) is 5.61. The molecule has 0 spiro atoms. The lowest BCUT2D eigenvalue weighted by atomic mass is 10.1. The summed E-state index contributed by atoms with van der Waals surface area (Å²) in [5.41, 5.74) is 9.26. The molecule has 1 heterocycles. The molecular weight excluding hydrogens is 222 g/mol. The minimum Gasteiger partial charge on any atom is -0.399 e. The number of anilines is 2. The van der Waals surface area contributed by atoms with Gasteiger partial charge in [0.05, 0.1) is 0 Å². The number of hydrogen-bond donors (Lipinski definition) is 1. The Balaban J connectivity index is 2.06. The normalized spacial score (nSPS) is 19.8. The fourth-order valence-corrected chi connectivity index (χ4v) is 2.87. The first-order valence-corrected chi connectivity index (χ1v) is 7.00. The molecule has 0 bridgehead atoms. The van der Waals surface area contributed by atoms with Crippen molar-refractivity contribution in [3.63, 3.8) is 0 Å². The summed E-state index contributed by atoms with van der Waals surface area (Å²) in [6.07, 6.45) is 1.27. The molecule has 3 nitrogen and oxygen atoms in total. The Morgan fingerprint density at radius 2 is 2.06 bits per heavy atom. The van der Waals surface area contributed by atoms with Crippen LogP contribution in [0.15, 0.2) is 18.2 Å². The van der Waals surface area contributed by atoms with E-state index in [9.17, 15) is 0 Å². The van der Waals surface area contributed by atoms with Crippen molar-refractivity contribution in [1.29, 1.82) is 0 Å². The number of nitrogens with two attached hydrogens (primary N) is 1. The van der Waals surface area contributed by atoms with Crippen LogP contribution >= 0.6 is 0 Å². The molecule has 1 unspecified atom stereocenters. The van der Waals surface area contributed by atoms with Gasteiger partial charge in [-0.25, -0.2) is 0 Å². The summed E-state index contributed by atoms with van der Waals surface area (Å²) < 4.78 is 0. The fourth-order valence-electron chi connectivity index (χ4n) is 2.87. The number of nitrogens with zero attached hydrogens (tertiary/aromatic N) is 2. The van der Waals surface area contributed by atoms with Gasteiger partial charge in [-0.2, -0.15) is 0 Å². The van der Waals surface area contributed by atoms with Crippen molar-refractivity contribution in [1.82, 2.24) is 4.90 Å². The molecule has 2 N–H and O–H groups in total. The van der Waals surface area contributed by atoms with Crippen LogP contribution in [-0.4, -0.2) is 37.1 Å². The highest BCUT2D eigenvalue weighted by molar-refractivity contribution is 5.58. The highest BCUT2D eigenvalue weighted by Crippen LogP contribution is 2.25. The molecule has 100 valence electrons. The van der Waals surface area contributed by atoms with Gasteiger partial charge in [0.15, 0.2) is 0 Å². The maximum absolute atomic E-state index is 5.88. The molecule has 1 aliphatic rings. The van der Waals surface area contributed by atoms with Crippen molar-refractivity contribution in [2.75, 3.05) is 36.8 Å². The Hall–Kier alpha value is -1.22. The molecule has 1 saturated heterocycles. The Morgan fingerprint density at radius 3 is 2.67 bits per heavy atom. The molecular formula is C15H25N3. The predicted octanol–water partition coefficient (Wildman–Crippen LogP) is 2.50. The zero-order chi connectivity index (χ0) is 13.1. The van der Waals surface area contributed by atoms with E-state index in [4.69, 9.17) is 5.73 Å². The smallest absolute Gasteiger partial charge is 0.0370 e. The second-order valence-electron chi connectivity index (χ2n) is 5.15. The lowest BCUT2D eigenvalue weighted by Gasteiger charge is -2.26.